The van der Waals surface area contributed by atoms with E-state index < -0.39 is 0 Å². The molecule has 3 heteroatoms. The summed E-state index contributed by atoms with van der Waals surface area (Å²) in [6.07, 6.45) is 0. The number of benzene rings is 1. The molecular weight excluding hydrogens is 261 g/mol. The third-order valence-corrected chi connectivity index (χ3v) is 3.50. The van der Waals surface area contributed by atoms with E-state index >= 15 is 0 Å². The van der Waals surface area contributed by atoms with Gasteiger partial charge in [-0.25, -0.2) is 0 Å². The molecule has 0 aliphatic rings. The summed E-state index contributed by atoms with van der Waals surface area (Å²) in [5, 5.41) is 2.08. The van der Waals surface area contributed by atoms with E-state index in [1.54, 1.807) is 0 Å². The second-order valence-electron chi connectivity index (χ2n) is 3.32. The third-order valence-electron chi connectivity index (χ3n) is 2.52. The van der Waals surface area contributed by atoms with Crippen molar-refractivity contribution in [1.29, 1.82) is 0 Å². The normalized spacial score (nSPS) is 11.1. The van der Waals surface area contributed by atoms with Gasteiger partial charge in [0.05, 0.1) is 0 Å². The zero-order valence-electron chi connectivity index (χ0n) is 8.14. The molecule has 1 nitrogen and oxygen atoms in total. The minimum atomic E-state index is 0.848. The molecule has 0 N–H and O–H groups in total. The Hall–Kier alpha value is -0.470. The van der Waals surface area contributed by atoms with Crippen molar-refractivity contribution in [2.45, 2.75) is 20.4 Å². The van der Waals surface area contributed by atoms with Crippen LogP contribution in [-0.4, -0.2) is 4.57 Å². The predicted octanol–water partition coefficient (Wildman–Crippen LogP) is 4.39. The maximum atomic E-state index is 6.24. The van der Waals surface area contributed by atoms with Crippen LogP contribution < -0.4 is 0 Å². The van der Waals surface area contributed by atoms with Gasteiger partial charge in [0.1, 0.15) is 5.15 Å². The summed E-state index contributed by atoms with van der Waals surface area (Å²) in [4.78, 5) is 0. The van der Waals surface area contributed by atoms with Crippen molar-refractivity contribution < 1.29 is 0 Å². The number of halogens is 2. The molecule has 0 spiro atoms. The van der Waals surface area contributed by atoms with Gasteiger partial charge in [-0.2, -0.15) is 0 Å². The van der Waals surface area contributed by atoms with E-state index in [2.05, 4.69) is 46.5 Å². The Bertz CT molecular complexity index is 487. The average Bonchev–Trinajstić information content (AvgIpc) is 2.41. The first-order valence-electron chi connectivity index (χ1n) is 4.59. The Kier molecular flexibility index (Phi) is 2.58. The van der Waals surface area contributed by atoms with Crippen molar-refractivity contribution in [2.75, 3.05) is 0 Å². The zero-order chi connectivity index (χ0) is 10.3. The number of rotatable bonds is 1. The lowest BCUT2D eigenvalue weighted by molar-refractivity contribution is 0.796. The highest BCUT2D eigenvalue weighted by molar-refractivity contribution is 9.10. The quantitative estimate of drug-likeness (QED) is 0.726. The Morgan fingerprint density at radius 3 is 2.79 bits per heavy atom. The number of nitrogens with zero attached hydrogens (tertiary/aromatic N) is 1. The average molecular weight is 273 g/mol. The summed E-state index contributed by atoms with van der Waals surface area (Å²) >= 11 is 9.71. The van der Waals surface area contributed by atoms with Gasteiger partial charge in [0.2, 0.25) is 0 Å². The minimum Gasteiger partial charge on any atom is -0.332 e. The lowest BCUT2D eigenvalue weighted by Gasteiger charge is -2.01. The summed E-state index contributed by atoms with van der Waals surface area (Å²) in [6, 6.07) is 6.26. The van der Waals surface area contributed by atoms with Crippen LogP contribution in [0.25, 0.3) is 10.9 Å². The molecule has 14 heavy (non-hydrogen) atoms. The van der Waals surface area contributed by atoms with Crippen molar-refractivity contribution in [3.05, 3.63) is 33.4 Å². The fourth-order valence-corrected chi connectivity index (χ4v) is 2.45. The van der Waals surface area contributed by atoms with E-state index in [1.807, 2.05) is 6.07 Å². The third kappa shape index (κ3) is 1.37. The molecule has 2 rings (SSSR count). The number of aryl methyl sites for hydroxylation is 2. The van der Waals surface area contributed by atoms with Crippen LogP contribution in [0.5, 0.6) is 0 Å². The monoisotopic (exact) mass is 271 g/mol. The molecule has 1 aromatic heterocycles. The van der Waals surface area contributed by atoms with Crippen molar-refractivity contribution in [1.82, 2.24) is 4.57 Å². The van der Waals surface area contributed by atoms with Gasteiger partial charge in [-0.3, -0.25) is 0 Å². The second kappa shape index (κ2) is 3.59. The zero-order valence-corrected chi connectivity index (χ0v) is 10.5. The van der Waals surface area contributed by atoms with Gasteiger partial charge < -0.3 is 4.57 Å². The van der Waals surface area contributed by atoms with Gasteiger partial charge in [-0.05, 0) is 37.6 Å². The molecule has 74 valence electrons. The molecule has 0 fully saturated rings. The molecule has 0 amide bonds. The number of hydrogen-bond acceptors (Lipinski definition) is 0. The Morgan fingerprint density at radius 2 is 2.14 bits per heavy atom. The summed E-state index contributed by atoms with van der Waals surface area (Å²) in [7, 11) is 0. The fourth-order valence-electron chi connectivity index (χ4n) is 1.77. The molecule has 0 radical (unpaired) electrons. The van der Waals surface area contributed by atoms with Crippen LogP contribution in [-0.2, 0) is 6.54 Å². The number of hydrogen-bond donors (Lipinski definition) is 0. The maximum Gasteiger partial charge on any atom is 0.112 e. The maximum absolute atomic E-state index is 6.24. The van der Waals surface area contributed by atoms with Crippen LogP contribution in [0.1, 0.15) is 12.5 Å². The van der Waals surface area contributed by atoms with Crippen molar-refractivity contribution in [2.24, 2.45) is 0 Å². The van der Waals surface area contributed by atoms with Crippen LogP contribution in [0.3, 0.4) is 0 Å². The summed E-state index contributed by atoms with van der Waals surface area (Å²) in [5.41, 5.74) is 2.36. The van der Waals surface area contributed by atoms with Crippen LogP contribution in [0, 0.1) is 6.92 Å². The predicted molar refractivity (Wildman–Crippen MR) is 65.1 cm³/mol. The smallest absolute Gasteiger partial charge is 0.112 e. The van der Waals surface area contributed by atoms with Gasteiger partial charge in [0, 0.05) is 21.9 Å². The Labute approximate surface area is 96.8 Å². The first-order valence-corrected chi connectivity index (χ1v) is 5.76. The molecular formula is C11H11BrClN. The van der Waals surface area contributed by atoms with E-state index in [1.165, 1.54) is 10.9 Å². The molecule has 0 aliphatic heterocycles. The molecule has 0 saturated carbocycles. The van der Waals surface area contributed by atoms with Gasteiger partial charge >= 0.3 is 0 Å². The lowest BCUT2D eigenvalue weighted by Crippen LogP contribution is -1.92. The standard InChI is InChI=1S/C11H11BrClN/c1-3-14-10-5-4-8(12)6-9(10)7(2)11(14)13/h4-6H,3H2,1-2H3. The first-order chi connectivity index (χ1) is 6.65. The molecule has 0 saturated heterocycles. The van der Waals surface area contributed by atoms with Crippen molar-refractivity contribution >= 4 is 38.4 Å². The number of aromatic nitrogens is 1. The van der Waals surface area contributed by atoms with Gasteiger partial charge in [-0.1, -0.05) is 27.5 Å². The van der Waals surface area contributed by atoms with Gasteiger partial charge in [0.25, 0.3) is 0 Å². The van der Waals surface area contributed by atoms with Crippen LogP contribution in [0.4, 0.5) is 0 Å². The summed E-state index contributed by atoms with van der Waals surface area (Å²) in [5.74, 6) is 0. The van der Waals surface area contributed by atoms with E-state index in [-0.39, 0.29) is 0 Å². The SMILES string of the molecule is CCn1c(Cl)c(C)c2cc(Br)ccc21. The highest BCUT2D eigenvalue weighted by atomic mass is 79.9. The molecule has 0 unspecified atom stereocenters. The second-order valence-corrected chi connectivity index (χ2v) is 4.60. The molecule has 0 atom stereocenters. The molecule has 0 aliphatic carbocycles. The Morgan fingerprint density at radius 1 is 1.43 bits per heavy atom. The molecule has 0 bridgehead atoms. The number of fused-ring (bicyclic) bond motifs is 1. The molecule has 2 aromatic rings. The van der Waals surface area contributed by atoms with Crippen molar-refractivity contribution in [3.63, 3.8) is 0 Å². The molecule has 1 aromatic carbocycles. The van der Waals surface area contributed by atoms with E-state index in [0.717, 1.165) is 21.7 Å². The fraction of sp³-hybridized carbons (Fsp3) is 0.273. The highest BCUT2D eigenvalue weighted by Crippen LogP contribution is 2.31. The minimum absolute atomic E-state index is 0.848. The highest BCUT2D eigenvalue weighted by Gasteiger charge is 2.10. The Balaban J connectivity index is 2.88. The van der Waals surface area contributed by atoms with E-state index in [4.69, 9.17) is 11.6 Å². The van der Waals surface area contributed by atoms with Crippen LogP contribution in [0.2, 0.25) is 5.15 Å². The van der Waals surface area contributed by atoms with Crippen LogP contribution in [0.15, 0.2) is 22.7 Å². The molecule has 1 heterocycles. The lowest BCUT2D eigenvalue weighted by atomic mass is 10.2. The largest absolute Gasteiger partial charge is 0.332 e. The topological polar surface area (TPSA) is 4.93 Å². The van der Waals surface area contributed by atoms with E-state index in [9.17, 15) is 0 Å². The van der Waals surface area contributed by atoms with Gasteiger partial charge in [-0.15, -0.1) is 0 Å². The summed E-state index contributed by atoms with van der Waals surface area (Å²) < 4.78 is 3.22. The summed E-state index contributed by atoms with van der Waals surface area (Å²) in [6.45, 7) is 5.07. The van der Waals surface area contributed by atoms with Crippen LogP contribution >= 0.6 is 27.5 Å². The first kappa shape index (κ1) is 10.1. The van der Waals surface area contributed by atoms with Crippen molar-refractivity contribution in [3.8, 4) is 0 Å². The van der Waals surface area contributed by atoms with E-state index in [0.29, 0.717) is 0 Å². The van der Waals surface area contributed by atoms with Gasteiger partial charge in [0.15, 0.2) is 0 Å².